The maximum atomic E-state index is 6.34. The second kappa shape index (κ2) is 6.88. The number of nitrogens with two attached hydrogens (primary N) is 1. The molecule has 3 nitrogen and oxygen atoms in total. The largest absolute Gasteiger partial charge is 0.381 e. The Bertz CT molecular complexity index is 241. The van der Waals surface area contributed by atoms with Crippen molar-refractivity contribution in [2.75, 3.05) is 26.8 Å². The summed E-state index contributed by atoms with van der Waals surface area (Å²) >= 11 is 0. The molecule has 3 heteroatoms. The van der Waals surface area contributed by atoms with Gasteiger partial charge in [-0.05, 0) is 51.0 Å². The van der Waals surface area contributed by atoms with Gasteiger partial charge in [0.25, 0.3) is 0 Å². The molecule has 1 aliphatic heterocycles. The molecule has 0 aromatic rings. The second-order valence-corrected chi connectivity index (χ2v) is 6.31. The van der Waals surface area contributed by atoms with E-state index in [4.69, 9.17) is 10.5 Å². The number of nitrogens with zero attached hydrogens (tertiary/aromatic N) is 1. The van der Waals surface area contributed by atoms with Crippen LogP contribution in [0.3, 0.4) is 0 Å². The maximum Gasteiger partial charge on any atom is 0.0469 e. The Morgan fingerprint density at radius 2 is 1.83 bits per heavy atom. The molecule has 2 fully saturated rings. The molecule has 0 aromatic carbocycles. The molecule has 106 valence electrons. The van der Waals surface area contributed by atoms with Crippen LogP contribution in [-0.2, 0) is 4.74 Å². The van der Waals surface area contributed by atoms with Gasteiger partial charge in [0.05, 0.1) is 0 Å². The molecule has 18 heavy (non-hydrogen) atoms. The van der Waals surface area contributed by atoms with E-state index in [0.29, 0.717) is 12.1 Å². The average molecular weight is 254 g/mol. The summed E-state index contributed by atoms with van der Waals surface area (Å²) in [6, 6.07) is 0.990. The summed E-state index contributed by atoms with van der Waals surface area (Å²) < 4.78 is 5.44. The van der Waals surface area contributed by atoms with Crippen LogP contribution in [0.25, 0.3) is 0 Å². The predicted octanol–water partition coefficient (Wildman–Crippen LogP) is 2.25. The first-order valence-electron chi connectivity index (χ1n) is 7.74. The van der Waals surface area contributed by atoms with Crippen molar-refractivity contribution < 1.29 is 4.74 Å². The van der Waals surface area contributed by atoms with E-state index in [2.05, 4.69) is 18.9 Å². The van der Waals surface area contributed by atoms with Crippen molar-refractivity contribution >= 4 is 0 Å². The van der Waals surface area contributed by atoms with Crippen LogP contribution >= 0.6 is 0 Å². The Labute approximate surface area is 112 Å². The summed E-state index contributed by atoms with van der Waals surface area (Å²) in [4.78, 5) is 2.54. The summed E-state index contributed by atoms with van der Waals surface area (Å²) in [6.07, 6.45) is 7.61. The fourth-order valence-electron chi connectivity index (χ4n) is 3.60. The molecule has 1 aliphatic carbocycles. The van der Waals surface area contributed by atoms with Gasteiger partial charge in [0.2, 0.25) is 0 Å². The molecule has 0 spiro atoms. The van der Waals surface area contributed by atoms with Crippen molar-refractivity contribution in [2.24, 2.45) is 17.6 Å². The highest BCUT2D eigenvalue weighted by Crippen LogP contribution is 2.29. The molecule has 1 saturated heterocycles. The van der Waals surface area contributed by atoms with E-state index in [0.717, 1.165) is 25.0 Å². The summed E-state index contributed by atoms with van der Waals surface area (Å²) in [6.45, 7) is 5.43. The van der Waals surface area contributed by atoms with Crippen molar-refractivity contribution in [2.45, 2.75) is 57.5 Å². The van der Waals surface area contributed by atoms with E-state index in [-0.39, 0.29) is 0 Å². The van der Waals surface area contributed by atoms with Crippen LogP contribution in [0.4, 0.5) is 0 Å². The smallest absolute Gasteiger partial charge is 0.0469 e. The van der Waals surface area contributed by atoms with E-state index in [1.54, 1.807) is 0 Å². The van der Waals surface area contributed by atoms with Gasteiger partial charge in [-0.2, -0.15) is 0 Å². The molecule has 2 aliphatic rings. The minimum atomic E-state index is 0.387. The molecule has 3 atom stereocenters. The summed E-state index contributed by atoms with van der Waals surface area (Å²) in [5, 5.41) is 0. The van der Waals surface area contributed by atoms with Crippen LogP contribution < -0.4 is 5.73 Å². The third-order valence-corrected chi connectivity index (χ3v) is 5.01. The fraction of sp³-hybridized carbons (Fsp3) is 1.00. The van der Waals surface area contributed by atoms with Crippen molar-refractivity contribution in [1.29, 1.82) is 0 Å². The Morgan fingerprint density at radius 3 is 2.50 bits per heavy atom. The van der Waals surface area contributed by atoms with E-state index in [1.165, 1.54) is 45.1 Å². The quantitative estimate of drug-likeness (QED) is 0.836. The summed E-state index contributed by atoms with van der Waals surface area (Å²) in [5.74, 6) is 1.71. The van der Waals surface area contributed by atoms with E-state index in [1.807, 2.05) is 0 Å². The van der Waals surface area contributed by atoms with Gasteiger partial charge in [0.15, 0.2) is 0 Å². The van der Waals surface area contributed by atoms with Gasteiger partial charge in [-0.3, -0.25) is 0 Å². The van der Waals surface area contributed by atoms with Gasteiger partial charge in [-0.25, -0.2) is 0 Å². The molecule has 2 rings (SSSR count). The van der Waals surface area contributed by atoms with Crippen LogP contribution in [0.1, 0.15) is 45.4 Å². The number of hydrogen-bond donors (Lipinski definition) is 1. The summed E-state index contributed by atoms with van der Waals surface area (Å²) in [7, 11) is 2.28. The topological polar surface area (TPSA) is 38.5 Å². The van der Waals surface area contributed by atoms with Crippen molar-refractivity contribution in [1.82, 2.24) is 4.90 Å². The monoisotopic (exact) mass is 254 g/mol. The van der Waals surface area contributed by atoms with E-state index in [9.17, 15) is 0 Å². The van der Waals surface area contributed by atoms with E-state index < -0.39 is 0 Å². The van der Waals surface area contributed by atoms with Gasteiger partial charge in [-0.1, -0.05) is 13.3 Å². The van der Waals surface area contributed by atoms with Gasteiger partial charge < -0.3 is 15.4 Å². The highest BCUT2D eigenvalue weighted by molar-refractivity contribution is 4.88. The fourth-order valence-corrected chi connectivity index (χ4v) is 3.60. The van der Waals surface area contributed by atoms with E-state index >= 15 is 0 Å². The van der Waals surface area contributed by atoms with Crippen LogP contribution in [0, 0.1) is 11.8 Å². The first-order chi connectivity index (χ1) is 8.70. The molecule has 1 heterocycles. The van der Waals surface area contributed by atoms with Crippen molar-refractivity contribution in [3.63, 3.8) is 0 Å². The molecule has 1 saturated carbocycles. The lowest BCUT2D eigenvalue weighted by Crippen LogP contribution is -2.51. The highest BCUT2D eigenvalue weighted by atomic mass is 16.5. The molecule has 0 radical (unpaired) electrons. The first kappa shape index (κ1) is 14.3. The van der Waals surface area contributed by atoms with Gasteiger partial charge in [0.1, 0.15) is 0 Å². The minimum Gasteiger partial charge on any atom is -0.381 e. The Hall–Kier alpha value is -0.120. The number of ether oxygens (including phenoxy) is 1. The third kappa shape index (κ3) is 3.69. The Balaban J connectivity index is 1.83. The van der Waals surface area contributed by atoms with Crippen LogP contribution in [0.2, 0.25) is 0 Å². The lowest BCUT2D eigenvalue weighted by atomic mass is 9.80. The number of rotatable bonds is 4. The second-order valence-electron chi connectivity index (χ2n) is 6.31. The number of hydrogen-bond acceptors (Lipinski definition) is 3. The van der Waals surface area contributed by atoms with Crippen molar-refractivity contribution in [3.8, 4) is 0 Å². The van der Waals surface area contributed by atoms with Gasteiger partial charge in [-0.15, -0.1) is 0 Å². The third-order valence-electron chi connectivity index (χ3n) is 5.01. The maximum absolute atomic E-state index is 6.34. The SMILES string of the molecule is CCC1CCC(N)C(N(C)CC2CCOCC2)C1. The predicted molar refractivity (Wildman–Crippen MR) is 75.6 cm³/mol. The Morgan fingerprint density at radius 1 is 1.11 bits per heavy atom. The van der Waals surface area contributed by atoms with Crippen LogP contribution in [-0.4, -0.2) is 43.8 Å². The molecular formula is C15H30N2O. The molecule has 2 N–H and O–H groups in total. The van der Waals surface area contributed by atoms with Crippen molar-refractivity contribution in [3.05, 3.63) is 0 Å². The number of likely N-dealkylation sites (N-methyl/N-ethyl adjacent to an activating group) is 1. The lowest BCUT2D eigenvalue weighted by Gasteiger charge is -2.41. The zero-order valence-corrected chi connectivity index (χ0v) is 12.1. The Kier molecular flexibility index (Phi) is 5.46. The molecular weight excluding hydrogens is 224 g/mol. The standard InChI is InChI=1S/C15H30N2O/c1-3-12-4-5-14(16)15(10-12)17(2)11-13-6-8-18-9-7-13/h12-15H,3-11,16H2,1-2H3. The first-order valence-corrected chi connectivity index (χ1v) is 7.74. The minimum absolute atomic E-state index is 0.387. The lowest BCUT2D eigenvalue weighted by molar-refractivity contribution is 0.0416. The zero-order valence-electron chi connectivity index (χ0n) is 12.1. The van der Waals surface area contributed by atoms with Gasteiger partial charge in [0, 0.05) is 31.8 Å². The highest BCUT2D eigenvalue weighted by Gasteiger charge is 2.31. The molecule has 0 aromatic heterocycles. The summed E-state index contributed by atoms with van der Waals surface area (Å²) in [5.41, 5.74) is 6.34. The molecule has 0 amide bonds. The van der Waals surface area contributed by atoms with Crippen LogP contribution in [0.15, 0.2) is 0 Å². The molecule has 0 bridgehead atoms. The molecule has 3 unspecified atom stereocenters. The zero-order chi connectivity index (χ0) is 13.0. The average Bonchev–Trinajstić information content (AvgIpc) is 2.40. The normalized spacial score (nSPS) is 35.0. The van der Waals surface area contributed by atoms with Crippen LogP contribution in [0.5, 0.6) is 0 Å². The van der Waals surface area contributed by atoms with Gasteiger partial charge >= 0.3 is 0 Å².